The molecule has 0 saturated heterocycles. The molecule has 2 aromatic rings. The second kappa shape index (κ2) is 4.55. The van der Waals surface area contributed by atoms with Crippen molar-refractivity contribution in [3.8, 4) is 0 Å². The topological polar surface area (TPSA) is 52.3 Å². The minimum Gasteiger partial charge on any atom is -0.385 e. The highest BCUT2D eigenvalue weighted by Crippen LogP contribution is 2.12. The smallest absolute Gasteiger partial charge is 0.198 e. The van der Waals surface area contributed by atoms with Crippen molar-refractivity contribution in [2.24, 2.45) is 0 Å². The molecule has 0 aromatic carbocycles. The van der Waals surface area contributed by atoms with Crippen molar-refractivity contribution in [3.05, 3.63) is 23.4 Å². The number of fused-ring (bicyclic) bond motifs is 1. The first-order chi connectivity index (χ1) is 7.33. The standard InChI is InChI=1S/C9H11ClN4O/c1-15-6-2-3-7-12-13-9-8(10)11-4-5-14(7)9/h4-5H,2-3,6H2,1H3. The van der Waals surface area contributed by atoms with Crippen molar-refractivity contribution in [2.75, 3.05) is 13.7 Å². The summed E-state index contributed by atoms with van der Waals surface area (Å²) in [6.45, 7) is 0.716. The zero-order valence-electron chi connectivity index (χ0n) is 8.35. The van der Waals surface area contributed by atoms with Crippen molar-refractivity contribution in [1.82, 2.24) is 19.6 Å². The van der Waals surface area contributed by atoms with Crippen molar-refractivity contribution < 1.29 is 4.74 Å². The number of aryl methyl sites for hydroxylation is 1. The molecule has 0 saturated carbocycles. The van der Waals surface area contributed by atoms with E-state index in [1.165, 1.54) is 0 Å². The lowest BCUT2D eigenvalue weighted by molar-refractivity contribution is 0.194. The van der Waals surface area contributed by atoms with Gasteiger partial charge in [-0.3, -0.25) is 4.40 Å². The Bertz CT molecular complexity index is 456. The van der Waals surface area contributed by atoms with Gasteiger partial charge in [0.2, 0.25) is 0 Å². The fourth-order valence-electron chi connectivity index (χ4n) is 1.39. The van der Waals surface area contributed by atoms with Crippen molar-refractivity contribution in [2.45, 2.75) is 12.8 Å². The second-order valence-corrected chi connectivity index (χ2v) is 3.48. The molecule has 2 heterocycles. The van der Waals surface area contributed by atoms with Crippen LogP contribution < -0.4 is 0 Å². The Morgan fingerprint density at radius 1 is 1.47 bits per heavy atom. The van der Waals surface area contributed by atoms with E-state index >= 15 is 0 Å². The molecule has 0 aliphatic rings. The van der Waals surface area contributed by atoms with E-state index in [4.69, 9.17) is 16.3 Å². The molecule has 0 spiro atoms. The molecular formula is C9H11ClN4O. The molecule has 0 amide bonds. The van der Waals surface area contributed by atoms with Crippen LogP contribution in [-0.4, -0.2) is 33.3 Å². The Hall–Kier alpha value is -1.20. The lowest BCUT2D eigenvalue weighted by Gasteiger charge is -1.99. The third-order valence-electron chi connectivity index (χ3n) is 2.10. The third kappa shape index (κ3) is 2.08. The normalized spacial score (nSPS) is 11.1. The van der Waals surface area contributed by atoms with Crippen LogP contribution >= 0.6 is 11.6 Å². The minimum atomic E-state index is 0.378. The number of halogens is 1. The summed E-state index contributed by atoms with van der Waals surface area (Å²) >= 11 is 5.87. The predicted molar refractivity (Wildman–Crippen MR) is 56.0 cm³/mol. The molecule has 2 rings (SSSR count). The maximum atomic E-state index is 5.87. The van der Waals surface area contributed by atoms with Crippen LogP contribution in [0.2, 0.25) is 5.15 Å². The van der Waals surface area contributed by atoms with Gasteiger partial charge in [-0.05, 0) is 6.42 Å². The molecule has 2 aromatic heterocycles. The number of hydrogen-bond donors (Lipinski definition) is 0. The van der Waals surface area contributed by atoms with E-state index in [1.54, 1.807) is 13.3 Å². The number of rotatable bonds is 4. The molecule has 0 unspecified atom stereocenters. The van der Waals surface area contributed by atoms with Crippen LogP contribution in [0.4, 0.5) is 0 Å². The molecule has 0 radical (unpaired) electrons. The molecule has 0 fully saturated rings. The van der Waals surface area contributed by atoms with Gasteiger partial charge in [-0.1, -0.05) is 11.6 Å². The number of hydrogen-bond acceptors (Lipinski definition) is 4. The maximum Gasteiger partial charge on any atom is 0.198 e. The Morgan fingerprint density at radius 3 is 3.13 bits per heavy atom. The van der Waals surface area contributed by atoms with Gasteiger partial charge < -0.3 is 4.74 Å². The van der Waals surface area contributed by atoms with E-state index in [0.717, 1.165) is 18.7 Å². The monoisotopic (exact) mass is 226 g/mol. The van der Waals surface area contributed by atoms with Crippen LogP contribution in [0.25, 0.3) is 5.65 Å². The molecule has 80 valence electrons. The second-order valence-electron chi connectivity index (χ2n) is 3.12. The summed E-state index contributed by atoms with van der Waals surface area (Å²) in [5.41, 5.74) is 0.603. The van der Waals surface area contributed by atoms with Gasteiger partial charge in [-0.15, -0.1) is 10.2 Å². The maximum absolute atomic E-state index is 5.87. The lowest BCUT2D eigenvalue weighted by atomic mass is 10.3. The van der Waals surface area contributed by atoms with Gasteiger partial charge in [0, 0.05) is 32.5 Å². The number of aromatic nitrogens is 4. The van der Waals surface area contributed by atoms with E-state index in [-0.39, 0.29) is 0 Å². The fraction of sp³-hybridized carbons (Fsp3) is 0.444. The van der Waals surface area contributed by atoms with Gasteiger partial charge in [0.1, 0.15) is 5.82 Å². The van der Waals surface area contributed by atoms with Crippen LogP contribution in [0, 0.1) is 0 Å². The van der Waals surface area contributed by atoms with E-state index in [1.807, 2.05) is 10.6 Å². The molecule has 5 nitrogen and oxygen atoms in total. The van der Waals surface area contributed by atoms with Gasteiger partial charge in [0.15, 0.2) is 10.8 Å². The summed E-state index contributed by atoms with van der Waals surface area (Å²) in [5.74, 6) is 0.881. The van der Waals surface area contributed by atoms with Gasteiger partial charge in [0.25, 0.3) is 0 Å². The highest BCUT2D eigenvalue weighted by atomic mass is 35.5. The Kier molecular flexibility index (Phi) is 3.13. The summed E-state index contributed by atoms with van der Waals surface area (Å²) in [6, 6.07) is 0. The van der Waals surface area contributed by atoms with E-state index in [9.17, 15) is 0 Å². The largest absolute Gasteiger partial charge is 0.385 e. The summed E-state index contributed by atoms with van der Waals surface area (Å²) in [7, 11) is 1.68. The first-order valence-corrected chi connectivity index (χ1v) is 5.04. The average Bonchev–Trinajstić information content (AvgIpc) is 2.64. The summed E-state index contributed by atoms with van der Waals surface area (Å²) < 4.78 is 6.83. The zero-order valence-corrected chi connectivity index (χ0v) is 9.11. The van der Waals surface area contributed by atoms with Crippen LogP contribution in [0.3, 0.4) is 0 Å². The van der Waals surface area contributed by atoms with Crippen LogP contribution in [0.15, 0.2) is 12.4 Å². The van der Waals surface area contributed by atoms with Crippen LogP contribution in [0.1, 0.15) is 12.2 Å². The Morgan fingerprint density at radius 2 is 2.33 bits per heavy atom. The minimum absolute atomic E-state index is 0.378. The van der Waals surface area contributed by atoms with Crippen molar-refractivity contribution >= 4 is 17.2 Å². The molecular weight excluding hydrogens is 216 g/mol. The SMILES string of the molecule is COCCCc1nnc2c(Cl)nccn12. The highest BCUT2D eigenvalue weighted by molar-refractivity contribution is 6.32. The molecule has 0 N–H and O–H groups in total. The number of ether oxygens (including phenoxy) is 1. The van der Waals surface area contributed by atoms with Crippen LogP contribution in [0.5, 0.6) is 0 Å². The van der Waals surface area contributed by atoms with E-state index < -0.39 is 0 Å². The van der Waals surface area contributed by atoms with Crippen molar-refractivity contribution in [3.63, 3.8) is 0 Å². The molecule has 0 bridgehead atoms. The lowest BCUT2D eigenvalue weighted by Crippen LogP contribution is -1.98. The quantitative estimate of drug-likeness (QED) is 0.739. The number of methoxy groups -OCH3 is 1. The summed E-state index contributed by atoms with van der Waals surface area (Å²) in [6.07, 6.45) is 5.18. The molecule has 0 aliphatic carbocycles. The first kappa shape index (κ1) is 10.3. The first-order valence-electron chi connectivity index (χ1n) is 4.66. The summed E-state index contributed by atoms with van der Waals surface area (Å²) in [5, 5.41) is 8.41. The van der Waals surface area contributed by atoms with E-state index in [2.05, 4.69) is 15.2 Å². The number of nitrogens with zero attached hydrogens (tertiary/aromatic N) is 4. The van der Waals surface area contributed by atoms with Crippen LogP contribution in [-0.2, 0) is 11.2 Å². The Labute approximate surface area is 92.1 Å². The fourth-order valence-corrected chi connectivity index (χ4v) is 1.57. The van der Waals surface area contributed by atoms with Gasteiger partial charge in [0.05, 0.1) is 0 Å². The van der Waals surface area contributed by atoms with Gasteiger partial charge in [-0.2, -0.15) is 0 Å². The molecule has 0 aliphatic heterocycles. The van der Waals surface area contributed by atoms with E-state index in [0.29, 0.717) is 17.4 Å². The summed E-state index contributed by atoms with van der Waals surface area (Å²) in [4.78, 5) is 3.93. The molecule has 6 heteroatoms. The third-order valence-corrected chi connectivity index (χ3v) is 2.37. The zero-order chi connectivity index (χ0) is 10.7. The van der Waals surface area contributed by atoms with Gasteiger partial charge >= 0.3 is 0 Å². The Balaban J connectivity index is 2.25. The average molecular weight is 227 g/mol. The highest BCUT2D eigenvalue weighted by Gasteiger charge is 2.07. The molecule has 0 atom stereocenters. The van der Waals surface area contributed by atoms with Crippen molar-refractivity contribution in [1.29, 1.82) is 0 Å². The van der Waals surface area contributed by atoms with Gasteiger partial charge in [-0.25, -0.2) is 4.98 Å². The predicted octanol–water partition coefficient (Wildman–Crippen LogP) is 1.36. The molecule has 15 heavy (non-hydrogen) atoms.